The minimum Gasteiger partial charge on any atom is -0.329 e. The largest absolute Gasteiger partial charge is 0.329 e. The molecule has 1 aliphatic rings. The summed E-state index contributed by atoms with van der Waals surface area (Å²) in [6.07, 6.45) is 0. The molecule has 0 bridgehead atoms. The summed E-state index contributed by atoms with van der Waals surface area (Å²) in [5, 5.41) is 2.74. The number of benzene rings is 3. The van der Waals surface area contributed by atoms with Crippen LogP contribution in [0.4, 0.5) is 0 Å². The van der Waals surface area contributed by atoms with Crippen LogP contribution in [0, 0.1) is 0 Å². The molecule has 3 aromatic rings. The summed E-state index contributed by atoms with van der Waals surface area (Å²) in [5.74, 6) is 0. The molecule has 1 heterocycles. The molecule has 1 fully saturated rings. The predicted molar refractivity (Wildman–Crippen MR) is 109 cm³/mol. The van der Waals surface area contributed by atoms with Gasteiger partial charge in [0.2, 0.25) is 10.0 Å². The van der Waals surface area contributed by atoms with Gasteiger partial charge in [-0.2, -0.15) is 4.31 Å². The zero-order valence-corrected chi connectivity index (χ0v) is 16.5. The van der Waals surface area contributed by atoms with E-state index in [2.05, 4.69) is 6.07 Å². The lowest BCUT2D eigenvalue weighted by Gasteiger charge is -2.31. The number of rotatable bonds is 4. The molecule has 1 aliphatic heterocycles. The molecular weight excluding hydrogens is 380 g/mol. The molecule has 4 rings (SSSR count). The lowest BCUT2D eigenvalue weighted by Crippen LogP contribution is -3.13. The van der Waals surface area contributed by atoms with E-state index in [-0.39, 0.29) is 0 Å². The zero-order chi connectivity index (χ0) is 18.9. The lowest BCUT2D eigenvalue weighted by molar-refractivity contribution is -0.917. The van der Waals surface area contributed by atoms with Crippen LogP contribution in [-0.2, 0) is 16.6 Å². The molecule has 27 heavy (non-hydrogen) atoms. The molecule has 1 saturated heterocycles. The maximum absolute atomic E-state index is 13.0. The zero-order valence-electron chi connectivity index (χ0n) is 14.9. The summed E-state index contributed by atoms with van der Waals surface area (Å²) in [6.45, 7) is 3.51. The van der Waals surface area contributed by atoms with Crippen molar-refractivity contribution in [2.45, 2.75) is 11.4 Å². The van der Waals surface area contributed by atoms with E-state index >= 15 is 0 Å². The molecule has 0 spiro atoms. The van der Waals surface area contributed by atoms with E-state index in [9.17, 15) is 8.42 Å². The number of sulfonamides is 1. The van der Waals surface area contributed by atoms with Gasteiger partial charge in [0.15, 0.2) is 0 Å². The number of nitrogens with zero attached hydrogens (tertiary/aromatic N) is 1. The summed E-state index contributed by atoms with van der Waals surface area (Å²) in [4.78, 5) is 1.75. The highest BCUT2D eigenvalue weighted by molar-refractivity contribution is 7.89. The molecule has 6 heteroatoms. The molecule has 0 aliphatic carbocycles. The fraction of sp³-hybridized carbons (Fsp3) is 0.238. The van der Waals surface area contributed by atoms with E-state index in [0.717, 1.165) is 35.4 Å². The van der Waals surface area contributed by atoms with Gasteiger partial charge in [-0.3, -0.25) is 0 Å². The second kappa shape index (κ2) is 7.60. The van der Waals surface area contributed by atoms with Crippen molar-refractivity contribution in [2.24, 2.45) is 0 Å². The number of halogens is 1. The molecular formula is C21H22ClN2O2S+. The molecule has 0 aromatic heterocycles. The first-order valence-electron chi connectivity index (χ1n) is 9.09. The first kappa shape index (κ1) is 18.4. The van der Waals surface area contributed by atoms with Crippen LogP contribution in [0.1, 0.15) is 5.56 Å². The van der Waals surface area contributed by atoms with Crippen LogP contribution in [-0.4, -0.2) is 38.9 Å². The van der Waals surface area contributed by atoms with Gasteiger partial charge in [-0.1, -0.05) is 54.1 Å². The van der Waals surface area contributed by atoms with Crippen LogP contribution in [0.5, 0.6) is 0 Å². The summed E-state index contributed by atoms with van der Waals surface area (Å²) in [6, 6.07) is 21.1. The Kier molecular flexibility index (Phi) is 5.19. The average molecular weight is 402 g/mol. The second-order valence-electron chi connectivity index (χ2n) is 6.97. The molecule has 4 nitrogen and oxygen atoms in total. The number of piperazine rings is 1. The Labute approximate surface area is 165 Å². The number of hydrogen-bond donors (Lipinski definition) is 1. The average Bonchev–Trinajstić information content (AvgIpc) is 2.68. The number of quaternary nitrogens is 1. The van der Waals surface area contributed by atoms with E-state index in [1.807, 2.05) is 48.5 Å². The Hall–Kier alpha value is -1.92. The van der Waals surface area contributed by atoms with Crippen molar-refractivity contribution in [3.05, 3.63) is 77.3 Å². The predicted octanol–water partition coefficient (Wildman–Crippen LogP) is 2.58. The SMILES string of the molecule is O=S(=O)(c1ccc2ccccc2c1)N1CC[NH+](Cc2cccc(Cl)c2)CC1. The highest BCUT2D eigenvalue weighted by atomic mass is 35.5. The van der Waals surface area contributed by atoms with Gasteiger partial charge in [-0.25, -0.2) is 8.42 Å². The molecule has 0 saturated carbocycles. The monoisotopic (exact) mass is 401 g/mol. The molecule has 1 N–H and O–H groups in total. The molecule has 0 unspecified atom stereocenters. The van der Waals surface area contributed by atoms with Gasteiger partial charge in [0.25, 0.3) is 0 Å². The van der Waals surface area contributed by atoms with Crippen molar-refractivity contribution in [1.82, 2.24) is 4.31 Å². The van der Waals surface area contributed by atoms with Crippen LogP contribution >= 0.6 is 11.6 Å². The Balaban J connectivity index is 1.46. The van der Waals surface area contributed by atoms with Gasteiger partial charge in [0.1, 0.15) is 6.54 Å². The van der Waals surface area contributed by atoms with E-state index in [1.54, 1.807) is 16.4 Å². The summed E-state index contributed by atoms with van der Waals surface area (Å²) in [5.41, 5.74) is 1.18. The number of fused-ring (bicyclic) bond motifs is 1. The number of nitrogens with one attached hydrogen (secondary N) is 1. The summed E-state index contributed by atoms with van der Waals surface area (Å²) >= 11 is 6.06. The van der Waals surface area contributed by atoms with Crippen molar-refractivity contribution >= 4 is 32.4 Å². The van der Waals surface area contributed by atoms with Gasteiger partial charge < -0.3 is 4.90 Å². The van der Waals surface area contributed by atoms with E-state index in [4.69, 9.17) is 11.6 Å². The van der Waals surface area contributed by atoms with Gasteiger partial charge in [0.05, 0.1) is 31.1 Å². The van der Waals surface area contributed by atoms with Crippen LogP contribution in [0.3, 0.4) is 0 Å². The third kappa shape index (κ3) is 4.01. The standard InChI is InChI=1S/C21H21ClN2O2S/c22-20-7-3-4-17(14-20)16-23-10-12-24(13-11-23)27(25,26)21-9-8-18-5-1-2-6-19(18)15-21/h1-9,14-15H,10-13,16H2/p+1. The maximum atomic E-state index is 13.0. The van der Waals surface area contributed by atoms with Crippen LogP contribution < -0.4 is 4.90 Å². The fourth-order valence-electron chi connectivity index (χ4n) is 3.63. The van der Waals surface area contributed by atoms with Crippen molar-refractivity contribution in [1.29, 1.82) is 0 Å². The highest BCUT2D eigenvalue weighted by Gasteiger charge is 2.30. The molecule has 0 radical (unpaired) electrons. The fourth-order valence-corrected chi connectivity index (χ4v) is 5.32. The third-order valence-electron chi connectivity index (χ3n) is 5.13. The second-order valence-corrected chi connectivity index (χ2v) is 9.34. The van der Waals surface area contributed by atoms with E-state index in [1.165, 1.54) is 10.5 Å². The van der Waals surface area contributed by atoms with Gasteiger partial charge in [-0.15, -0.1) is 0 Å². The lowest BCUT2D eigenvalue weighted by atomic mass is 10.1. The van der Waals surface area contributed by atoms with Gasteiger partial charge in [0, 0.05) is 10.6 Å². The first-order chi connectivity index (χ1) is 13.0. The smallest absolute Gasteiger partial charge is 0.243 e. The topological polar surface area (TPSA) is 41.8 Å². The highest BCUT2D eigenvalue weighted by Crippen LogP contribution is 2.22. The summed E-state index contributed by atoms with van der Waals surface area (Å²) < 4.78 is 27.7. The maximum Gasteiger partial charge on any atom is 0.243 e. The van der Waals surface area contributed by atoms with E-state index in [0.29, 0.717) is 18.0 Å². The minimum absolute atomic E-state index is 0.375. The Bertz CT molecular complexity index is 1060. The van der Waals surface area contributed by atoms with Crippen molar-refractivity contribution < 1.29 is 13.3 Å². The van der Waals surface area contributed by atoms with Crippen LogP contribution in [0.25, 0.3) is 10.8 Å². The van der Waals surface area contributed by atoms with Crippen LogP contribution in [0.2, 0.25) is 5.02 Å². The normalized spacial score (nSPS) is 16.6. The number of hydrogen-bond acceptors (Lipinski definition) is 2. The minimum atomic E-state index is -3.46. The molecule has 140 valence electrons. The molecule has 0 amide bonds. The molecule has 0 atom stereocenters. The molecule has 3 aromatic carbocycles. The van der Waals surface area contributed by atoms with Crippen molar-refractivity contribution in [3.63, 3.8) is 0 Å². The summed E-state index contributed by atoms with van der Waals surface area (Å²) in [7, 11) is -3.46. The first-order valence-corrected chi connectivity index (χ1v) is 10.9. The quantitative estimate of drug-likeness (QED) is 0.730. The Morgan fingerprint density at radius 3 is 2.37 bits per heavy atom. The van der Waals surface area contributed by atoms with E-state index < -0.39 is 10.0 Å². The van der Waals surface area contributed by atoms with Crippen LogP contribution in [0.15, 0.2) is 71.6 Å². The van der Waals surface area contributed by atoms with Crippen molar-refractivity contribution in [2.75, 3.05) is 26.2 Å². The third-order valence-corrected chi connectivity index (χ3v) is 7.26. The van der Waals surface area contributed by atoms with Gasteiger partial charge in [-0.05, 0) is 35.0 Å². The Morgan fingerprint density at radius 1 is 0.889 bits per heavy atom. The Morgan fingerprint density at radius 2 is 1.63 bits per heavy atom. The van der Waals surface area contributed by atoms with Gasteiger partial charge >= 0.3 is 0 Å². The van der Waals surface area contributed by atoms with Crippen molar-refractivity contribution in [3.8, 4) is 0 Å².